The molecule has 3 rings (SSSR count). The van der Waals surface area contributed by atoms with Crippen LogP contribution in [0.3, 0.4) is 0 Å². The number of aromatic nitrogens is 1. The zero-order valence-electron chi connectivity index (χ0n) is 13.8. The fourth-order valence-corrected chi connectivity index (χ4v) is 3.15. The number of benzene rings is 1. The number of halogens is 1. The van der Waals surface area contributed by atoms with Crippen LogP contribution >= 0.6 is 11.6 Å². The number of likely N-dealkylation sites (N-methyl/N-ethyl adjacent to an activating group) is 1. The average molecular weight is 346 g/mol. The van der Waals surface area contributed by atoms with E-state index in [9.17, 15) is 4.79 Å². The van der Waals surface area contributed by atoms with E-state index in [0.717, 1.165) is 18.8 Å². The molecule has 1 aliphatic heterocycles. The van der Waals surface area contributed by atoms with Gasteiger partial charge < -0.3 is 15.1 Å². The fourth-order valence-electron chi connectivity index (χ4n) is 2.94. The third-order valence-corrected chi connectivity index (χ3v) is 4.77. The third kappa shape index (κ3) is 3.86. The molecule has 2 aromatic rings. The highest BCUT2D eigenvalue weighted by molar-refractivity contribution is 6.33. The molecule has 1 fully saturated rings. The van der Waals surface area contributed by atoms with Crippen LogP contribution < -0.4 is 15.1 Å². The number of amides is 1. The summed E-state index contributed by atoms with van der Waals surface area (Å²) < 4.78 is 0. The zero-order chi connectivity index (χ0) is 16.9. The van der Waals surface area contributed by atoms with Crippen LogP contribution in [0.5, 0.6) is 0 Å². The average Bonchev–Trinajstić information content (AvgIpc) is 2.63. The summed E-state index contributed by atoms with van der Waals surface area (Å²) in [4.78, 5) is 20.2. The molecule has 2 N–H and O–H groups in total. The van der Waals surface area contributed by atoms with Crippen molar-refractivity contribution in [1.82, 2.24) is 4.98 Å². The number of hydrogen-bond donors (Lipinski definition) is 2. The van der Waals surface area contributed by atoms with Gasteiger partial charge in [-0.15, -0.1) is 0 Å². The molecule has 1 aliphatic rings. The van der Waals surface area contributed by atoms with Gasteiger partial charge in [0.25, 0.3) is 5.91 Å². The van der Waals surface area contributed by atoms with Gasteiger partial charge in [-0.05, 0) is 43.3 Å². The van der Waals surface area contributed by atoms with Crippen molar-refractivity contribution in [2.24, 2.45) is 0 Å². The predicted molar refractivity (Wildman–Crippen MR) is 97.1 cm³/mol. The SMILES string of the molecule is CC[NH+]1CCN(c2ccc(NC(=O)c3cccnc3Cl)cc2)CC1. The van der Waals surface area contributed by atoms with Gasteiger partial charge in [-0.25, -0.2) is 4.98 Å². The normalized spacial score (nSPS) is 15.3. The minimum absolute atomic E-state index is 0.211. The number of nitrogens with one attached hydrogen (secondary N) is 2. The van der Waals surface area contributed by atoms with Gasteiger partial charge in [-0.3, -0.25) is 4.79 Å². The molecule has 1 aromatic carbocycles. The standard InChI is InChI=1S/C18H21ClN4O/c1-2-22-10-12-23(13-11-22)15-7-5-14(6-8-15)21-18(24)16-4-3-9-20-17(16)19/h3-9H,2,10-13H2,1H3,(H,21,24)/p+1. The third-order valence-electron chi connectivity index (χ3n) is 4.46. The number of hydrogen-bond acceptors (Lipinski definition) is 3. The lowest BCUT2D eigenvalue weighted by Crippen LogP contribution is -3.14. The van der Waals surface area contributed by atoms with E-state index < -0.39 is 0 Å². The molecule has 2 heterocycles. The Bertz CT molecular complexity index is 696. The van der Waals surface area contributed by atoms with Gasteiger partial charge in [-0.2, -0.15) is 0 Å². The summed E-state index contributed by atoms with van der Waals surface area (Å²) in [5, 5.41) is 3.07. The summed E-state index contributed by atoms with van der Waals surface area (Å²) in [6.45, 7) is 7.91. The molecule has 24 heavy (non-hydrogen) atoms. The van der Waals surface area contributed by atoms with Crippen molar-refractivity contribution < 1.29 is 9.69 Å². The second kappa shape index (κ2) is 7.64. The smallest absolute Gasteiger partial charge is 0.258 e. The van der Waals surface area contributed by atoms with Gasteiger partial charge in [-0.1, -0.05) is 11.6 Å². The molecule has 5 nitrogen and oxygen atoms in total. The van der Waals surface area contributed by atoms with E-state index in [0.29, 0.717) is 5.56 Å². The summed E-state index contributed by atoms with van der Waals surface area (Å²) in [6.07, 6.45) is 1.56. The fraction of sp³-hybridized carbons (Fsp3) is 0.333. The Kier molecular flexibility index (Phi) is 5.33. The Labute approximate surface area is 147 Å². The number of piperazine rings is 1. The van der Waals surface area contributed by atoms with Crippen molar-refractivity contribution in [3.05, 3.63) is 53.3 Å². The molecule has 126 valence electrons. The van der Waals surface area contributed by atoms with Gasteiger partial charge in [0.15, 0.2) is 0 Å². The summed E-state index contributed by atoms with van der Waals surface area (Å²) in [6, 6.07) is 11.3. The van der Waals surface area contributed by atoms with E-state index >= 15 is 0 Å². The maximum absolute atomic E-state index is 12.2. The number of pyridine rings is 1. The van der Waals surface area contributed by atoms with Crippen LogP contribution in [0.2, 0.25) is 5.15 Å². The molecule has 1 amide bonds. The van der Waals surface area contributed by atoms with E-state index in [2.05, 4.69) is 34.3 Å². The topological polar surface area (TPSA) is 49.7 Å². The number of rotatable bonds is 4. The van der Waals surface area contributed by atoms with Gasteiger partial charge in [0.05, 0.1) is 38.3 Å². The molecule has 0 atom stereocenters. The molecule has 0 spiro atoms. The zero-order valence-corrected chi connectivity index (χ0v) is 14.5. The molecule has 0 saturated carbocycles. The molecule has 1 aromatic heterocycles. The Balaban J connectivity index is 1.63. The van der Waals surface area contributed by atoms with Crippen LogP contribution in [-0.2, 0) is 0 Å². The van der Waals surface area contributed by atoms with E-state index in [1.165, 1.54) is 25.3 Å². The second-order valence-electron chi connectivity index (χ2n) is 5.93. The molecule has 0 unspecified atom stereocenters. The van der Waals surface area contributed by atoms with Crippen molar-refractivity contribution in [3.8, 4) is 0 Å². The number of quaternary nitrogens is 1. The second-order valence-corrected chi connectivity index (χ2v) is 6.29. The summed E-state index contributed by atoms with van der Waals surface area (Å²) in [7, 11) is 0. The molecular formula is C18H22ClN4O+. The first kappa shape index (κ1) is 16.7. The number of carbonyl (C=O) groups is 1. The van der Waals surface area contributed by atoms with Crippen LogP contribution in [0.4, 0.5) is 11.4 Å². The summed E-state index contributed by atoms with van der Waals surface area (Å²) in [5.74, 6) is -0.249. The van der Waals surface area contributed by atoms with Gasteiger partial charge in [0.1, 0.15) is 5.15 Å². The summed E-state index contributed by atoms with van der Waals surface area (Å²) >= 11 is 5.96. The van der Waals surface area contributed by atoms with Crippen molar-refractivity contribution >= 4 is 28.9 Å². The number of anilines is 2. The van der Waals surface area contributed by atoms with E-state index in [1.807, 2.05) is 12.1 Å². The molecule has 0 aliphatic carbocycles. The van der Waals surface area contributed by atoms with Crippen molar-refractivity contribution in [2.45, 2.75) is 6.92 Å². The highest BCUT2D eigenvalue weighted by atomic mass is 35.5. The van der Waals surface area contributed by atoms with Crippen LogP contribution in [-0.4, -0.2) is 43.6 Å². The first-order chi connectivity index (χ1) is 11.7. The Morgan fingerprint density at radius 1 is 1.25 bits per heavy atom. The maximum Gasteiger partial charge on any atom is 0.258 e. The highest BCUT2D eigenvalue weighted by Crippen LogP contribution is 2.19. The first-order valence-electron chi connectivity index (χ1n) is 8.28. The van der Waals surface area contributed by atoms with E-state index in [1.54, 1.807) is 23.2 Å². The minimum Gasteiger partial charge on any atom is -0.360 e. The van der Waals surface area contributed by atoms with Crippen LogP contribution in [0.15, 0.2) is 42.6 Å². The quantitative estimate of drug-likeness (QED) is 0.829. The maximum atomic E-state index is 12.2. The Hall–Kier alpha value is -2.11. The lowest BCUT2D eigenvalue weighted by atomic mass is 10.2. The van der Waals surface area contributed by atoms with Gasteiger partial charge >= 0.3 is 0 Å². The number of nitrogens with zero attached hydrogens (tertiary/aromatic N) is 2. The Morgan fingerprint density at radius 3 is 2.58 bits per heavy atom. The van der Waals surface area contributed by atoms with Crippen molar-refractivity contribution in [1.29, 1.82) is 0 Å². The van der Waals surface area contributed by atoms with E-state index in [4.69, 9.17) is 11.6 Å². The minimum atomic E-state index is -0.249. The number of carbonyl (C=O) groups excluding carboxylic acids is 1. The van der Waals surface area contributed by atoms with Gasteiger partial charge in [0, 0.05) is 17.6 Å². The molecule has 0 bridgehead atoms. The molecular weight excluding hydrogens is 324 g/mol. The van der Waals surface area contributed by atoms with Crippen LogP contribution in [0.25, 0.3) is 0 Å². The van der Waals surface area contributed by atoms with Crippen LogP contribution in [0.1, 0.15) is 17.3 Å². The molecule has 0 radical (unpaired) electrons. The molecule has 1 saturated heterocycles. The predicted octanol–water partition coefficient (Wildman–Crippen LogP) is 1.71. The van der Waals surface area contributed by atoms with Gasteiger partial charge in [0.2, 0.25) is 0 Å². The highest BCUT2D eigenvalue weighted by Gasteiger charge is 2.18. The van der Waals surface area contributed by atoms with Crippen molar-refractivity contribution in [3.63, 3.8) is 0 Å². The molecule has 6 heteroatoms. The first-order valence-corrected chi connectivity index (χ1v) is 8.65. The summed E-state index contributed by atoms with van der Waals surface area (Å²) in [5.41, 5.74) is 2.32. The van der Waals surface area contributed by atoms with E-state index in [-0.39, 0.29) is 11.1 Å². The van der Waals surface area contributed by atoms with Crippen molar-refractivity contribution in [2.75, 3.05) is 42.9 Å². The Morgan fingerprint density at radius 2 is 1.96 bits per heavy atom. The largest absolute Gasteiger partial charge is 0.360 e. The lowest BCUT2D eigenvalue weighted by Gasteiger charge is -2.33. The monoisotopic (exact) mass is 345 g/mol. The lowest BCUT2D eigenvalue weighted by molar-refractivity contribution is -0.898. The van der Waals surface area contributed by atoms with Crippen LogP contribution in [0, 0.1) is 0 Å².